The molecule has 1 aliphatic carbocycles. The number of carboxylic acid groups (broad SMARTS) is 1. The van der Waals surface area contributed by atoms with Crippen LogP contribution in [0.4, 0.5) is 0 Å². The van der Waals surface area contributed by atoms with Crippen LogP contribution in [0.15, 0.2) is 0 Å². The summed E-state index contributed by atoms with van der Waals surface area (Å²) in [4.78, 5) is 11.4. The number of carboxylic acids is 1. The van der Waals surface area contributed by atoms with E-state index in [0.29, 0.717) is 12.8 Å². The SMILES string of the molecule is CC(O)[N+](C)(C)C1(C(=O)[O-])CCCCC1. The van der Waals surface area contributed by atoms with Gasteiger partial charge in [-0.2, -0.15) is 0 Å². The Balaban J connectivity index is 3.04. The lowest BCUT2D eigenvalue weighted by molar-refractivity contribution is -0.975. The molecule has 0 saturated heterocycles. The number of aliphatic hydroxyl groups excluding tert-OH is 1. The van der Waals surface area contributed by atoms with E-state index in [9.17, 15) is 15.0 Å². The van der Waals surface area contributed by atoms with Crippen LogP contribution in [0.2, 0.25) is 0 Å². The molecule has 1 aliphatic rings. The second-order valence-corrected chi connectivity index (χ2v) is 5.05. The first-order chi connectivity index (χ1) is 6.84. The summed E-state index contributed by atoms with van der Waals surface area (Å²) in [6.45, 7) is 1.64. The van der Waals surface area contributed by atoms with Crippen molar-refractivity contribution in [2.75, 3.05) is 14.1 Å². The Morgan fingerprint density at radius 2 is 1.80 bits per heavy atom. The molecular weight excluding hydrogens is 194 g/mol. The normalized spacial score (nSPS) is 23.5. The molecule has 1 N–H and O–H groups in total. The highest BCUT2D eigenvalue weighted by Gasteiger charge is 2.49. The zero-order valence-electron chi connectivity index (χ0n) is 9.82. The molecule has 0 aliphatic heterocycles. The number of hydrogen-bond acceptors (Lipinski definition) is 3. The predicted molar refractivity (Wildman–Crippen MR) is 54.6 cm³/mol. The van der Waals surface area contributed by atoms with Crippen LogP contribution in [0.3, 0.4) is 0 Å². The van der Waals surface area contributed by atoms with Crippen molar-refractivity contribution >= 4 is 5.97 Å². The van der Waals surface area contributed by atoms with Gasteiger partial charge >= 0.3 is 0 Å². The Morgan fingerprint density at radius 3 is 2.13 bits per heavy atom. The molecule has 0 aromatic rings. The fraction of sp³-hybridized carbons (Fsp3) is 0.909. The van der Waals surface area contributed by atoms with Gasteiger partial charge in [0.1, 0.15) is 11.5 Å². The molecule has 0 amide bonds. The maximum absolute atomic E-state index is 11.4. The quantitative estimate of drug-likeness (QED) is 0.526. The molecule has 4 nitrogen and oxygen atoms in total. The molecule has 1 atom stereocenters. The van der Waals surface area contributed by atoms with Crippen LogP contribution >= 0.6 is 0 Å². The number of quaternary nitrogens is 1. The van der Waals surface area contributed by atoms with Gasteiger partial charge in [-0.25, -0.2) is 0 Å². The molecule has 15 heavy (non-hydrogen) atoms. The topological polar surface area (TPSA) is 60.4 Å². The van der Waals surface area contributed by atoms with Gasteiger partial charge in [0.05, 0.1) is 14.1 Å². The van der Waals surface area contributed by atoms with Crippen molar-refractivity contribution in [1.29, 1.82) is 0 Å². The van der Waals surface area contributed by atoms with Crippen LogP contribution in [-0.4, -0.2) is 41.4 Å². The van der Waals surface area contributed by atoms with E-state index in [1.807, 2.05) is 0 Å². The highest BCUT2D eigenvalue weighted by Crippen LogP contribution is 2.37. The first-order valence-electron chi connectivity index (χ1n) is 5.58. The minimum absolute atomic E-state index is 0.0926. The van der Waals surface area contributed by atoms with Crippen molar-refractivity contribution in [3.05, 3.63) is 0 Å². The van der Waals surface area contributed by atoms with Gasteiger partial charge in [-0.3, -0.25) is 4.48 Å². The standard InChI is InChI=1S/C11H21NO3/c1-9(13)12(2,3)11(10(14)15)7-5-4-6-8-11/h9,13H,4-8H2,1-3H3. The maximum atomic E-state index is 11.4. The van der Waals surface area contributed by atoms with Crippen LogP contribution in [0.5, 0.6) is 0 Å². The van der Waals surface area contributed by atoms with E-state index in [2.05, 4.69) is 0 Å². The molecule has 1 saturated carbocycles. The Kier molecular flexibility index (Phi) is 3.41. The average molecular weight is 215 g/mol. The van der Waals surface area contributed by atoms with E-state index in [1.165, 1.54) is 0 Å². The van der Waals surface area contributed by atoms with Gasteiger partial charge in [0.25, 0.3) is 0 Å². The molecule has 0 radical (unpaired) electrons. The third kappa shape index (κ3) is 1.88. The van der Waals surface area contributed by atoms with Crippen molar-refractivity contribution < 1.29 is 19.5 Å². The van der Waals surface area contributed by atoms with Crippen LogP contribution in [-0.2, 0) is 4.79 Å². The Bertz CT molecular complexity index is 242. The zero-order chi connectivity index (χ0) is 11.7. The van der Waals surface area contributed by atoms with Gasteiger partial charge in [-0.15, -0.1) is 0 Å². The molecule has 1 unspecified atom stereocenters. The second kappa shape index (κ2) is 4.10. The molecule has 0 aromatic heterocycles. The van der Waals surface area contributed by atoms with E-state index in [0.717, 1.165) is 19.3 Å². The smallest absolute Gasteiger partial charge is 0.187 e. The average Bonchev–Trinajstić information content (AvgIpc) is 2.18. The lowest BCUT2D eigenvalue weighted by atomic mass is 9.78. The lowest BCUT2D eigenvalue weighted by Gasteiger charge is -2.52. The monoisotopic (exact) mass is 215 g/mol. The highest BCUT2D eigenvalue weighted by molar-refractivity contribution is 5.75. The molecule has 0 heterocycles. The fourth-order valence-corrected chi connectivity index (χ4v) is 2.51. The fourth-order valence-electron chi connectivity index (χ4n) is 2.51. The Hall–Kier alpha value is -0.610. The number of hydrogen-bond donors (Lipinski definition) is 1. The van der Waals surface area contributed by atoms with E-state index in [-0.39, 0.29) is 4.48 Å². The predicted octanol–water partition coefficient (Wildman–Crippen LogP) is -0.146. The van der Waals surface area contributed by atoms with Crippen LogP contribution in [0, 0.1) is 0 Å². The van der Waals surface area contributed by atoms with Crippen molar-refractivity contribution in [3.8, 4) is 0 Å². The summed E-state index contributed by atoms with van der Waals surface area (Å²) in [6.07, 6.45) is 3.40. The molecule has 4 heteroatoms. The summed E-state index contributed by atoms with van der Waals surface area (Å²) in [7, 11) is 3.54. The summed E-state index contributed by atoms with van der Waals surface area (Å²) in [5, 5.41) is 21.1. The number of rotatable bonds is 3. The molecule has 0 spiro atoms. The number of carbonyl (C=O) groups excluding carboxylic acids is 1. The van der Waals surface area contributed by atoms with E-state index in [1.54, 1.807) is 21.0 Å². The third-order valence-corrected chi connectivity index (χ3v) is 4.10. The molecule has 1 fully saturated rings. The Labute approximate surface area is 91.1 Å². The van der Waals surface area contributed by atoms with Gasteiger partial charge in [0, 0.05) is 19.8 Å². The maximum Gasteiger partial charge on any atom is 0.187 e. The largest absolute Gasteiger partial charge is 0.544 e. The number of aliphatic hydroxyl groups is 1. The van der Waals surface area contributed by atoms with Gasteiger partial charge in [-0.05, 0) is 12.8 Å². The summed E-state index contributed by atoms with van der Waals surface area (Å²) in [6, 6.07) is 0. The van der Waals surface area contributed by atoms with Crippen LogP contribution in [0.25, 0.3) is 0 Å². The first kappa shape index (κ1) is 12.5. The summed E-state index contributed by atoms with van der Waals surface area (Å²) in [5.41, 5.74) is -0.910. The first-order valence-corrected chi connectivity index (χ1v) is 5.58. The third-order valence-electron chi connectivity index (χ3n) is 4.10. The van der Waals surface area contributed by atoms with E-state index < -0.39 is 17.7 Å². The van der Waals surface area contributed by atoms with E-state index in [4.69, 9.17) is 0 Å². The summed E-state index contributed by atoms with van der Waals surface area (Å²) >= 11 is 0. The number of aliphatic carboxylic acids is 1. The van der Waals surface area contributed by atoms with Crippen molar-refractivity contribution in [2.24, 2.45) is 0 Å². The molecule has 0 bridgehead atoms. The van der Waals surface area contributed by atoms with Crippen molar-refractivity contribution in [3.63, 3.8) is 0 Å². The Morgan fingerprint density at radius 1 is 1.33 bits per heavy atom. The molecule has 88 valence electrons. The van der Waals surface area contributed by atoms with Crippen LogP contribution in [0.1, 0.15) is 39.0 Å². The van der Waals surface area contributed by atoms with Crippen LogP contribution < -0.4 is 5.11 Å². The van der Waals surface area contributed by atoms with Gasteiger partial charge < -0.3 is 15.0 Å². The molecule has 1 rings (SSSR count). The summed E-state index contributed by atoms with van der Waals surface area (Å²) < 4.78 is 0.0926. The molecular formula is C11H21NO3. The minimum Gasteiger partial charge on any atom is -0.544 e. The zero-order valence-corrected chi connectivity index (χ0v) is 9.82. The van der Waals surface area contributed by atoms with E-state index >= 15 is 0 Å². The lowest BCUT2D eigenvalue weighted by Crippen LogP contribution is -2.71. The molecule has 0 aromatic carbocycles. The number of nitrogens with zero attached hydrogens (tertiary/aromatic N) is 1. The van der Waals surface area contributed by atoms with Gasteiger partial charge in [0.2, 0.25) is 0 Å². The minimum atomic E-state index is -1.02. The number of carbonyl (C=O) groups is 1. The van der Waals surface area contributed by atoms with Crippen molar-refractivity contribution in [1.82, 2.24) is 0 Å². The van der Waals surface area contributed by atoms with Gasteiger partial charge in [0.15, 0.2) is 6.23 Å². The second-order valence-electron chi connectivity index (χ2n) is 5.05. The van der Waals surface area contributed by atoms with Crippen molar-refractivity contribution in [2.45, 2.75) is 50.8 Å². The summed E-state index contributed by atoms with van der Waals surface area (Å²) in [5.74, 6) is -1.02. The highest BCUT2D eigenvalue weighted by atomic mass is 16.4. The van der Waals surface area contributed by atoms with Gasteiger partial charge in [-0.1, -0.05) is 6.42 Å². The number of likely N-dealkylation sites (N-methyl/N-ethyl adjacent to an activating group) is 1.